The molecule has 1 amide bonds. The number of benzene rings is 1. The van der Waals surface area contributed by atoms with Crippen LogP contribution in [-0.4, -0.2) is 44.5 Å². The summed E-state index contributed by atoms with van der Waals surface area (Å²) >= 11 is 0. The maximum atomic E-state index is 11.4. The molecule has 1 aromatic carbocycles. The first kappa shape index (κ1) is 14.8. The first-order valence-corrected chi connectivity index (χ1v) is 5.87. The van der Waals surface area contributed by atoms with Crippen molar-refractivity contribution in [1.82, 2.24) is 4.90 Å². The summed E-state index contributed by atoms with van der Waals surface area (Å²) in [6, 6.07) is 4.86. The molecule has 0 bridgehead atoms. The molecule has 6 heteroatoms. The molecule has 3 N–H and O–H groups in total. The van der Waals surface area contributed by atoms with Crippen molar-refractivity contribution in [1.29, 1.82) is 0 Å². The van der Waals surface area contributed by atoms with Crippen LogP contribution in [0.5, 0.6) is 0 Å². The number of amides is 1. The van der Waals surface area contributed by atoms with Crippen molar-refractivity contribution >= 4 is 23.3 Å². The van der Waals surface area contributed by atoms with E-state index >= 15 is 0 Å². The smallest absolute Gasteiger partial charge is 0.337 e. The Kier molecular flexibility index (Phi) is 5.17. The molecule has 0 aliphatic heterocycles. The van der Waals surface area contributed by atoms with Gasteiger partial charge in [-0.15, -0.1) is 0 Å². The van der Waals surface area contributed by atoms with E-state index in [2.05, 4.69) is 10.1 Å². The Morgan fingerprint density at radius 2 is 2.05 bits per heavy atom. The molecule has 0 saturated heterocycles. The van der Waals surface area contributed by atoms with Gasteiger partial charge in [-0.05, 0) is 18.2 Å². The van der Waals surface area contributed by atoms with Gasteiger partial charge < -0.3 is 20.7 Å². The number of nitrogen functional groups attached to an aromatic ring is 1. The fourth-order valence-electron chi connectivity index (χ4n) is 1.50. The molecule has 0 atom stereocenters. The average Bonchev–Trinajstić information content (AvgIpc) is 2.39. The highest BCUT2D eigenvalue weighted by Gasteiger charge is 2.08. The summed E-state index contributed by atoms with van der Waals surface area (Å²) < 4.78 is 4.61. The summed E-state index contributed by atoms with van der Waals surface area (Å²) in [6.45, 7) is 0.485. The third-order valence-corrected chi connectivity index (χ3v) is 2.63. The zero-order chi connectivity index (χ0) is 14.4. The maximum absolute atomic E-state index is 11.4. The molecule has 1 aromatic rings. The van der Waals surface area contributed by atoms with E-state index in [-0.39, 0.29) is 5.91 Å². The van der Waals surface area contributed by atoms with E-state index in [1.54, 1.807) is 32.3 Å². The van der Waals surface area contributed by atoms with Crippen molar-refractivity contribution < 1.29 is 14.3 Å². The molecular weight excluding hydrogens is 246 g/mol. The number of rotatable bonds is 5. The van der Waals surface area contributed by atoms with Gasteiger partial charge in [-0.3, -0.25) is 4.79 Å². The normalized spacial score (nSPS) is 9.84. The molecule has 0 aromatic heterocycles. The highest BCUT2D eigenvalue weighted by atomic mass is 16.5. The molecule has 0 fully saturated rings. The number of esters is 1. The molecule has 1 rings (SSSR count). The lowest BCUT2D eigenvalue weighted by atomic mass is 10.1. The number of nitrogens with two attached hydrogens (primary N) is 1. The summed E-state index contributed by atoms with van der Waals surface area (Å²) in [5, 5.41) is 3.06. The molecule has 104 valence electrons. The maximum Gasteiger partial charge on any atom is 0.337 e. The van der Waals surface area contributed by atoms with Gasteiger partial charge in [-0.1, -0.05) is 0 Å². The zero-order valence-corrected chi connectivity index (χ0v) is 11.4. The quantitative estimate of drug-likeness (QED) is 0.611. The Labute approximate surface area is 112 Å². The summed E-state index contributed by atoms with van der Waals surface area (Å²) in [7, 11) is 4.74. The van der Waals surface area contributed by atoms with Gasteiger partial charge in [0.05, 0.1) is 24.0 Å². The van der Waals surface area contributed by atoms with Crippen molar-refractivity contribution in [3.05, 3.63) is 23.8 Å². The Balaban J connectivity index is 2.61. The van der Waals surface area contributed by atoms with Gasteiger partial charge >= 0.3 is 5.97 Å². The molecule has 0 unspecified atom stereocenters. The summed E-state index contributed by atoms with van der Waals surface area (Å²) in [4.78, 5) is 24.2. The summed E-state index contributed by atoms with van der Waals surface area (Å²) in [5.74, 6) is -0.390. The van der Waals surface area contributed by atoms with Crippen LogP contribution in [-0.2, 0) is 9.53 Å². The standard InChI is InChI=1S/C13H19N3O3/c1-16(2)12(17)6-7-15-11-5-4-9(8-10(11)14)13(18)19-3/h4-5,8,15H,6-7,14H2,1-3H3. The van der Waals surface area contributed by atoms with Gasteiger partial charge in [0.25, 0.3) is 0 Å². The van der Waals surface area contributed by atoms with Crippen molar-refractivity contribution in [2.24, 2.45) is 0 Å². The highest BCUT2D eigenvalue weighted by molar-refractivity contribution is 5.91. The molecule has 6 nitrogen and oxygen atoms in total. The van der Waals surface area contributed by atoms with Crippen LogP contribution in [0.4, 0.5) is 11.4 Å². The van der Waals surface area contributed by atoms with Crippen LogP contribution >= 0.6 is 0 Å². The predicted octanol–water partition coefficient (Wildman–Crippen LogP) is 0.946. The van der Waals surface area contributed by atoms with E-state index in [0.717, 1.165) is 0 Å². The van der Waals surface area contributed by atoms with Crippen LogP contribution in [0, 0.1) is 0 Å². The van der Waals surface area contributed by atoms with Crippen LogP contribution in [0.15, 0.2) is 18.2 Å². The largest absolute Gasteiger partial charge is 0.465 e. The Bertz CT molecular complexity index is 472. The topological polar surface area (TPSA) is 84.7 Å². The van der Waals surface area contributed by atoms with Gasteiger partial charge in [-0.2, -0.15) is 0 Å². The lowest BCUT2D eigenvalue weighted by Gasteiger charge is -2.12. The van der Waals surface area contributed by atoms with E-state index in [9.17, 15) is 9.59 Å². The number of carbonyl (C=O) groups is 2. The highest BCUT2D eigenvalue weighted by Crippen LogP contribution is 2.20. The van der Waals surface area contributed by atoms with Crippen LogP contribution in [0.1, 0.15) is 16.8 Å². The van der Waals surface area contributed by atoms with E-state index in [1.165, 1.54) is 12.0 Å². The molecule has 0 aliphatic carbocycles. The molecule has 0 heterocycles. The van der Waals surface area contributed by atoms with Gasteiger partial charge in [0.15, 0.2) is 0 Å². The molecule has 0 aliphatic rings. The number of carbonyl (C=O) groups excluding carboxylic acids is 2. The van der Waals surface area contributed by atoms with Crippen LogP contribution in [0.2, 0.25) is 0 Å². The molecule has 0 saturated carbocycles. The van der Waals surface area contributed by atoms with E-state index < -0.39 is 5.97 Å². The van der Waals surface area contributed by atoms with E-state index in [1.807, 2.05) is 0 Å². The SMILES string of the molecule is COC(=O)c1ccc(NCCC(=O)N(C)C)c(N)c1. The van der Waals surface area contributed by atoms with Crippen LogP contribution < -0.4 is 11.1 Å². The van der Waals surface area contributed by atoms with Gasteiger partial charge in [-0.25, -0.2) is 4.79 Å². The van der Waals surface area contributed by atoms with Gasteiger partial charge in [0.1, 0.15) is 0 Å². The minimum absolute atomic E-state index is 0.0391. The van der Waals surface area contributed by atoms with Gasteiger partial charge in [0, 0.05) is 27.1 Å². The van der Waals surface area contributed by atoms with Crippen LogP contribution in [0.25, 0.3) is 0 Å². The second-order valence-electron chi connectivity index (χ2n) is 4.26. The number of anilines is 2. The van der Waals surface area contributed by atoms with Crippen LogP contribution in [0.3, 0.4) is 0 Å². The van der Waals surface area contributed by atoms with Crippen molar-refractivity contribution in [2.45, 2.75) is 6.42 Å². The third-order valence-electron chi connectivity index (χ3n) is 2.63. The molecule has 0 radical (unpaired) electrons. The number of ether oxygens (including phenoxy) is 1. The third kappa shape index (κ3) is 4.17. The van der Waals surface area contributed by atoms with Crippen molar-refractivity contribution in [3.8, 4) is 0 Å². The fourth-order valence-corrected chi connectivity index (χ4v) is 1.50. The number of methoxy groups -OCH3 is 1. The number of hydrogen-bond acceptors (Lipinski definition) is 5. The first-order valence-electron chi connectivity index (χ1n) is 5.87. The number of nitrogens with one attached hydrogen (secondary N) is 1. The monoisotopic (exact) mass is 265 g/mol. The average molecular weight is 265 g/mol. The predicted molar refractivity (Wildman–Crippen MR) is 74.0 cm³/mol. The Morgan fingerprint density at radius 3 is 2.58 bits per heavy atom. The minimum atomic E-state index is -0.430. The zero-order valence-electron chi connectivity index (χ0n) is 11.4. The van der Waals surface area contributed by atoms with Crippen molar-refractivity contribution in [2.75, 3.05) is 38.8 Å². The second kappa shape index (κ2) is 6.63. The Morgan fingerprint density at radius 1 is 1.37 bits per heavy atom. The molecule has 0 spiro atoms. The van der Waals surface area contributed by atoms with Crippen molar-refractivity contribution in [3.63, 3.8) is 0 Å². The van der Waals surface area contributed by atoms with E-state index in [4.69, 9.17) is 5.73 Å². The summed E-state index contributed by atoms with van der Waals surface area (Å²) in [5.41, 5.74) is 7.36. The fraction of sp³-hybridized carbons (Fsp3) is 0.385. The van der Waals surface area contributed by atoms with Gasteiger partial charge in [0.2, 0.25) is 5.91 Å². The number of hydrogen-bond donors (Lipinski definition) is 2. The van der Waals surface area contributed by atoms with E-state index in [0.29, 0.717) is 29.9 Å². The lowest BCUT2D eigenvalue weighted by Crippen LogP contribution is -2.24. The second-order valence-corrected chi connectivity index (χ2v) is 4.26. The molecular formula is C13H19N3O3. The lowest BCUT2D eigenvalue weighted by molar-refractivity contribution is -0.128. The molecule has 19 heavy (non-hydrogen) atoms. The summed E-state index contributed by atoms with van der Waals surface area (Å²) in [6.07, 6.45) is 0.380. The first-order chi connectivity index (χ1) is 8.95. The Hall–Kier alpha value is -2.24. The minimum Gasteiger partial charge on any atom is -0.465 e. The number of nitrogens with zero attached hydrogens (tertiary/aromatic N) is 1.